The highest BCUT2D eigenvalue weighted by Crippen LogP contribution is 2.42. The molecule has 1 aromatic carbocycles. The van der Waals surface area contributed by atoms with Gasteiger partial charge in [0.25, 0.3) is 0 Å². The Morgan fingerprint density at radius 1 is 1.19 bits per heavy atom. The Morgan fingerprint density at radius 3 is 2.77 bits per heavy atom. The molecule has 2 fully saturated rings. The molecule has 0 amide bonds. The van der Waals surface area contributed by atoms with Gasteiger partial charge in [0.05, 0.1) is 18.3 Å². The summed E-state index contributed by atoms with van der Waals surface area (Å²) in [6, 6.07) is 9.58. The molecular formula is C26H38O5. The summed E-state index contributed by atoms with van der Waals surface area (Å²) >= 11 is 0. The van der Waals surface area contributed by atoms with Gasteiger partial charge in [0.1, 0.15) is 18.5 Å². The van der Waals surface area contributed by atoms with Crippen LogP contribution < -0.4 is 4.74 Å². The molecule has 0 spiro atoms. The van der Waals surface area contributed by atoms with Crippen molar-refractivity contribution >= 4 is 5.97 Å². The molecule has 0 aromatic heterocycles. The van der Waals surface area contributed by atoms with Crippen molar-refractivity contribution in [1.82, 2.24) is 0 Å². The van der Waals surface area contributed by atoms with Crippen molar-refractivity contribution in [2.24, 2.45) is 11.8 Å². The van der Waals surface area contributed by atoms with Crippen LogP contribution in [0.2, 0.25) is 0 Å². The van der Waals surface area contributed by atoms with E-state index >= 15 is 0 Å². The first-order valence-corrected chi connectivity index (χ1v) is 11.9. The van der Waals surface area contributed by atoms with E-state index in [1.54, 1.807) is 0 Å². The molecule has 3 rings (SSSR count). The van der Waals surface area contributed by atoms with Crippen LogP contribution in [-0.4, -0.2) is 42.1 Å². The lowest BCUT2D eigenvalue weighted by molar-refractivity contribution is -0.147. The van der Waals surface area contributed by atoms with Gasteiger partial charge < -0.3 is 19.3 Å². The molecule has 0 radical (unpaired) electrons. The summed E-state index contributed by atoms with van der Waals surface area (Å²) in [5.74, 6) is 1.64. The lowest BCUT2D eigenvalue weighted by Gasteiger charge is -2.23. The van der Waals surface area contributed by atoms with Gasteiger partial charge in [0.15, 0.2) is 0 Å². The fraction of sp³-hybridized carbons (Fsp3) is 0.654. The summed E-state index contributed by atoms with van der Waals surface area (Å²) in [7, 11) is 0. The van der Waals surface area contributed by atoms with Crippen LogP contribution >= 0.6 is 0 Å². The molecule has 0 unspecified atom stereocenters. The highest BCUT2D eigenvalue weighted by Gasteiger charge is 2.38. The van der Waals surface area contributed by atoms with Crippen LogP contribution in [0, 0.1) is 11.8 Å². The number of allylic oxidation sites excluding steroid dienone is 1. The molecule has 5 heteroatoms. The van der Waals surface area contributed by atoms with Gasteiger partial charge >= 0.3 is 5.97 Å². The van der Waals surface area contributed by atoms with Gasteiger partial charge in [-0.05, 0) is 76.3 Å². The number of hydrogen-bond acceptors (Lipinski definition) is 5. The van der Waals surface area contributed by atoms with Gasteiger partial charge in [0.2, 0.25) is 0 Å². The second-order valence-corrected chi connectivity index (χ2v) is 9.14. The first kappa shape index (κ1) is 23.8. The van der Waals surface area contributed by atoms with Crippen LogP contribution in [0.3, 0.4) is 0 Å². The normalized spacial score (nSPS) is 27.1. The van der Waals surface area contributed by atoms with Gasteiger partial charge in [0, 0.05) is 6.42 Å². The predicted molar refractivity (Wildman–Crippen MR) is 121 cm³/mol. The molecule has 1 aliphatic heterocycles. The fourth-order valence-electron chi connectivity index (χ4n) is 4.80. The third-order valence-corrected chi connectivity index (χ3v) is 6.26. The number of aliphatic hydroxyl groups is 1. The summed E-state index contributed by atoms with van der Waals surface area (Å²) in [5.41, 5.74) is 0. The first-order chi connectivity index (χ1) is 15.0. The summed E-state index contributed by atoms with van der Waals surface area (Å²) in [6.07, 6.45) is 11.7. The quantitative estimate of drug-likeness (QED) is 0.415. The Bertz CT molecular complexity index is 686. The van der Waals surface area contributed by atoms with E-state index in [1.165, 1.54) is 6.42 Å². The second-order valence-electron chi connectivity index (χ2n) is 9.14. The third kappa shape index (κ3) is 7.97. The molecule has 1 aromatic rings. The van der Waals surface area contributed by atoms with Crippen molar-refractivity contribution in [1.29, 1.82) is 0 Å². The number of ether oxygens (including phenoxy) is 3. The maximum atomic E-state index is 11.7. The molecule has 31 heavy (non-hydrogen) atoms. The van der Waals surface area contributed by atoms with Crippen molar-refractivity contribution in [2.75, 3.05) is 6.61 Å². The Hall–Kier alpha value is -1.85. The van der Waals surface area contributed by atoms with Crippen molar-refractivity contribution < 1.29 is 24.1 Å². The summed E-state index contributed by atoms with van der Waals surface area (Å²) < 4.78 is 17.3. The molecule has 1 aliphatic carbocycles. The monoisotopic (exact) mass is 430 g/mol. The van der Waals surface area contributed by atoms with E-state index in [-0.39, 0.29) is 24.8 Å². The average molecular weight is 431 g/mol. The van der Waals surface area contributed by atoms with Crippen LogP contribution in [0.1, 0.15) is 65.2 Å². The largest absolute Gasteiger partial charge is 0.491 e. The average Bonchev–Trinajstić information content (AvgIpc) is 3.00. The lowest BCUT2D eigenvalue weighted by Crippen LogP contribution is -2.24. The van der Waals surface area contributed by atoms with Gasteiger partial charge in [-0.2, -0.15) is 0 Å². The highest BCUT2D eigenvalue weighted by atomic mass is 16.5. The topological polar surface area (TPSA) is 65.0 Å². The molecule has 0 bridgehead atoms. The Labute approximate surface area is 186 Å². The van der Waals surface area contributed by atoms with Crippen molar-refractivity contribution in [3.63, 3.8) is 0 Å². The number of fused-ring (bicyclic) bond motifs is 1. The van der Waals surface area contributed by atoms with Crippen LogP contribution in [0.15, 0.2) is 42.5 Å². The Kier molecular flexibility index (Phi) is 9.41. The molecule has 1 N–H and O–H groups in total. The number of para-hydroxylation sites is 1. The first-order valence-electron chi connectivity index (χ1n) is 11.9. The molecule has 5 atom stereocenters. The van der Waals surface area contributed by atoms with E-state index in [2.05, 4.69) is 6.08 Å². The number of carbonyl (C=O) groups is 1. The molecular weight excluding hydrogens is 392 g/mol. The third-order valence-electron chi connectivity index (χ3n) is 6.26. The number of rotatable bonds is 10. The summed E-state index contributed by atoms with van der Waals surface area (Å²) in [5, 5.41) is 10.3. The minimum atomic E-state index is -0.607. The van der Waals surface area contributed by atoms with Gasteiger partial charge in [-0.1, -0.05) is 36.8 Å². The van der Waals surface area contributed by atoms with Crippen molar-refractivity contribution in [3.05, 3.63) is 42.5 Å². The van der Waals surface area contributed by atoms with E-state index in [1.807, 2.05) is 50.3 Å². The number of carbonyl (C=O) groups excluding carboxylic acids is 1. The van der Waals surface area contributed by atoms with E-state index < -0.39 is 6.10 Å². The zero-order valence-electron chi connectivity index (χ0n) is 18.9. The SMILES string of the molecule is CC(C)OC(=O)CCC[C@H]1CCC[C@H]2[C@H](CC[C@@H]2/C=C/[C@@H](O)COc2ccccc2)O1. The second kappa shape index (κ2) is 12.3. The molecule has 2 aliphatic rings. The molecule has 1 saturated carbocycles. The maximum absolute atomic E-state index is 11.7. The van der Waals surface area contributed by atoms with Crippen LogP contribution in [-0.2, 0) is 14.3 Å². The smallest absolute Gasteiger partial charge is 0.306 e. The van der Waals surface area contributed by atoms with Crippen LogP contribution in [0.25, 0.3) is 0 Å². The zero-order valence-corrected chi connectivity index (χ0v) is 18.9. The minimum Gasteiger partial charge on any atom is -0.491 e. The van der Waals surface area contributed by atoms with E-state index in [4.69, 9.17) is 14.2 Å². The Balaban J connectivity index is 1.40. The van der Waals surface area contributed by atoms with Crippen LogP contribution in [0.5, 0.6) is 5.75 Å². The van der Waals surface area contributed by atoms with Gasteiger partial charge in [-0.3, -0.25) is 4.79 Å². The van der Waals surface area contributed by atoms with Crippen molar-refractivity contribution in [3.8, 4) is 5.75 Å². The maximum Gasteiger partial charge on any atom is 0.306 e. The van der Waals surface area contributed by atoms with Crippen LogP contribution in [0.4, 0.5) is 0 Å². The molecule has 1 saturated heterocycles. The number of benzene rings is 1. The summed E-state index contributed by atoms with van der Waals surface area (Å²) in [6.45, 7) is 4.03. The van der Waals surface area contributed by atoms with E-state index in [0.717, 1.165) is 44.3 Å². The standard InChI is InChI=1S/C26H38O5/c1-19(2)30-26(28)13-7-11-23-10-6-12-24-20(15-17-25(24)31-23)14-16-21(27)18-29-22-8-4-3-5-9-22/h3-5,8-9,14,16,19-21,23-25,27H,6-7,10-13,15,17-18H2,1-2H3/b16-14+/t20-,21+,23+,24+,25-/m0/s1. The Morgan fingerprint density at radius 2 is 2.00 bits per heavy atom. The highest BCUT2D eigenvalue weighted by molar-refractivity contribution is 5.69. The predicted octanol–water partition coefficient (Wildman–Crippen LogP) is 5.07. The zero-order chi connectivity index (χ0) is 22.1. The van der Waals surface area contributed by atoms with Gasteiger partial charge in [-0.15, -0.1) is 0 Å². The minimum absolute atomic E-state index is 0.0470. The number of aliphatic hydroxyl groups excluding tert-OH is 1. The van der Waals surface area contributed by atoms with E-state index in [0.29, 0.717) is 24.4 Å². The number of hydrogen-bond donors (Lipinski definition) is 1. The molecule has 1 heterocycles. The van der Waals surface area contributed by atoms with Gasteiger partial charge in [-0.25, -0.2) is 0 Å². The summed E-state index contributed by atoms with van der Waals surface area (Å²) in [4.78, 5) is 11.7. The number of esters is 1. The lowest BCUT2D eigenvalue weighted by atomic mass is 9.89. The molecule has 172 valence electrons. The van der Waals surface area contributed by atoms with Crippen molar-refractivity contribution in [2.45, 2.75) is 89.6 Å². The van der Waals surface area contributed by atoms with E-state index in [9.17, 15) is 9.90 Å². The molecule has 5 nitrogen and oxygen atoms in total. The fourth-order valence-corrected chi connectivity index (χ4v) is 4.80.